The second-order valence-electron chi connectivity index (χ2n) is 5.12. The topological polar surface area (TPSA) is 41.6 Å². The molecular weight excluding hydrogens is 216 g/mol. The Morgan fingerprint density at radius 1 is 1.47 bits per heavy atom. The molecule has 0 fully saturated rings. The Morgan fingerprint density at radius 3 is 2.47 bits per heavy atom. The molecule has 0 spiro atoms. The number of hydrogen-bond acceptors (Lipinski definition) is 4. The van der Waals surface area contributed by atoms with Crippen molar-refractivity contribution in [3.8, 4) is 0 Å². The number of nitrogens with one attached hydrogen (secondary N) is 1. The predicted octanol–water partition coefficient (Wildman–Crippen LogP) is 1.65. The lowest BCUT2D eigenvalue weighted by Gasteiger charge is -2.30. The van der Waals surface area contributed by atoms with E-state index in [-0.39, 0.29) is 12.0 Å². The summed E-state index contributed by atoms with van der Waals surface area (Å²) in [6.45, 7) is 10.2. The van der Waals surface area contributed by atoms with Crippen molar-refractivity contribution in [1.29, 1.82) is 0 Å². The van der Waals surface area contributed by atoms with Crippen molar-refractivity contribution in [3.63, 3.8) is 0 Å². The molecule has 0 aromatic rings. The minimum absolute atomic E-state index is 0.176. The van der Waals surface area contributed by atoms with E-state index in [0.29, 0.717) is 0 Å². The average Bonchev–Trinajstić information content (AvgIpc) is 2.26. The van der Waals surface area contributed by atoms with Crippen molar-refractivity contribution in [2.45, 2.75) is 52.1 Å². The largest absolute Gasteiger partial charge is 0.468 e. The maximum Gasteiger partial charge on any atom is 0.325 e. The quantitative estimate of drug-likeness (QED) is 0.659. The van der Waals surface area contributed by atoms with E-state index in [2.05, 4.69) is 24.2 Å². The van der Waals surface area contributed by atoms with E-state index in [4.69, 9.17) is 4.74 Å². The highest BCUT2D eigenvalue weighted by molar-refractivity contribution is 5.80. The normalized spacial score (nSPS) is 15.1. The van der Waals surface area contributed by atoms with Crippen LogP contribution in [0.3, 0.4) is 0 Å². The zero-order valence-corrected chi connectivity index (χ0v) is 12.2. The van der Waals surface area contributed by atoms with Crippen LogP contribution in [0, 0.1) is 0 Å². The molecule has 0 aromatic heterocycles. The number of carbonyl (C=O) groups excluding carboxylic acids is 1. The van der Waals surface area contributed by atoms with Gasteiger partial charge in [0.2, 0.25) is 0 Å². The summed E-state index contributed by atoms with van der Waals surface area (Å²) in [5, 5.41) is 3.31. The summed E-state index contributed by atoms with van der Waals surface area (Å²) in [4.78, 5) is 14.1. The van der Waals surface area contributed by atoms with E-state index < -0.39 is 5.54 Å². The van der Waals surface area contributed by atoms with Crippen molar-refractivity contribution in [3.05, 3.63) is 0 Å². The second kappa shape index (κ2) is 7.67. The smallest absolute Gasteiger partial charge is 0.325 e. The van der Waals surface area contributed by atoms with Gasteiger partial charge in [0.1, 0.15) is 5.54 Å². The molecule has 0 heterocycles. The van der Waals surface area contributed by atoms with Crippen molar-refractivity contribution in [2.75, 3.05) is 27.2 Å². The van der Waals surface area contributed by atoms with Crippen LogP contribution in [0.4, 0.5) is 0 Å². The van der Waals surface area contributed by atoms with Crippen molar-refractivity contribution in [1.82, 2.24) is 10.2 Å². The van der Waals surface area contributed by atoms with Crippen LogP contribution in [0.15, 0.2) is 0 Å². The predicted molar refractivity (Wildman–Crippen MR) is 71.1 cm³/mol. The molecule has 0 aliphatic heterocycles. The highest BCUT2D eigenvalue weighted by Gasteiger charge is 2.34. The third-order valence-electron chi connectivity index (χ3n) is 3.00. The van der Waals surface area contributed by atoms with Gasteiger partial charge >= 0.3 is 5.97 Å². The first kappa shape index (κ1) is 16.4. The molecule has 0 aliphatic rings. The van der Waals surface area contributed by atoms with E-state index in [1.54, 1.807) is 0 Å². The van der Waals surface area contributed by atoms with E-state index in [1.165, 1.54) is 7.11 Å². The Morgan fingerprint density at radius 2 is 2.06 bits per heavy atom. The lowest BCUT2D eigenvalue weighted by Crippen LogP contribution is -2.53. The van der Waals surface area contributed by atoms with E-state index in [1.807, 2.05) is 20.8 Å². The molecule has 1 unspecified atom stereocenters. The molecule has 0 rings (SSSR count). The van der Waals surface area contributed by atoms with Crippen LogP contribution in [-0.2, 0) is 9.53 Å². The molecule has 0 bridgehead atoms. The first-order valence-electron chi connectivity index (χ1n) is 6.40. The summed E-state index contributed by atoms with van der Waals surface area (Å²) in [6.07, 6.45) is 1.78. The zero-order chi connectivity index (χ0) is 13.5. The molecule has 0 radical (unpaired) electrons. The van der Waals surface area contributed by atoms with Crippen LogP contribution >= 0.6 is 0 Å². The Labute approximate surface area is 106 Å². The summed E-state index contributed by atoms with van der Waals surface area (Å²) in [6, 6.07) is 0.267. The number of ether oxygens (including phenoxy) is 1. The minimum Gasteiger partial charge on any atom is -0.468 e. The molecule has 0 saturated carbocycles. The number of hydrogen-bond donors (Lipinski definition) is 1. The van der Waals surface area contributed by atoms with Crippen LogP contribution in [0.1, 0.15) is 40.5 Å². The SMILES string of the molecule is CCN(C)CCCC(C)(NC(C)C)C(=O)OC. The Balaban J connectivity index is 4.34. The van der Waals surface area contributed by atoms with Crippen LogP contribution in [-0.4, -0.2) is 49.7 Å². The second-order valence-corrected chi connectivity index (χ2v) is 5.12. The monoisotopic (exact) mass is 244 g/mol. The van der Waals surface area contributed by atoms with Gasteiger partial charge < -0.3 is 9.64 Å². The Hall–Kier alpha value is -0.610. The lowest BCUT2D eigenvalue weighted by molar-refractivity contribution is -0.148. The fourth-order valence-corrected chi connectivity index (χ4v) is 1.96. The Kier molecular flexibility index (Phi) is 7.39. The molecule has 0 aliphatic carbocycles. The molecule has 1 atom stereocenters. The molecule has 4 heteroatoms. The minimum atomic E-state index is -0.572. The molecule has 0 saturated heterocycles. The van der Waals surface area contributed by atoms with Gasteiger partial charge in [0, 0.05) is 6.04 Å². The van der Waals surface area contributed by atoms with Crippen LogP contribution < -0.4 is 5.32 Å². The molecule has 1 N–H and O–H groups in total. The average molecular weight is 244 g/mol. The standard InChI is InChI=1S/C13H28N2O2/c1-7-15(5)10-8-9-13(4,12(16)17-6)14-11(2)3/h11,14H,7-10H2,1-6H3. The summed E-state index contributed by atoms with van der Waals surface area (Å²) >= 11 is 0. The fourth-order valence-electron chi connectivity index (χ4n) is 1.96. The molecule has 102 valence electrons. The molecule has 0 aromatic carbocycles. The zero-order valence-electron chi connectivity index (χ0n) is 12.2. The first-order valence-corrected chi connectivity index (χ1v) is 6.40. The maximum absolute atomic E-state index is 11.8. The van der Waals surface area contributed by atoms with E-state index in [0.717, 1.165) is 25.9 Å². The summed E-state index contributed by atoms with van der Waals surface area (Å²) in [5.41, 5.74) is -0.572. The third-order valence-corrected chi connectivity index (χ3v) is 3.00. The van der Waals surface area contributed by atoms with Gasteiger partial charge in [-0.2, -0.15) is 0 Å². The summed E-state index contributed by atoms with van der Waals surface area (Å²) < 4.78 is 4.89. The van der Waals surface area contributed by atoms with Crippen molar-refractivity contribution >= 4 is 5.97 Å². The van der Waals surface area contributed by atoms with Crippen LogP contribution in [0.2, 0.25) is 0 Å². The molecule has 0 amide bonds. The van der Waals surface area contributed by atoms with Gasteiger partial charge in [-0.3, -0.25) is 10.1 Å². The fraction of sp³-hybridized carbons (Fsp3) is 0.923. The van der Waals surface area contributed by atoms with Gasteiger partial charge in [0.05, 0.1) is 7.11 Å². The van der Waals surface area contributed by atoms with Gasteiger partial charge in [-0.15, -0.1) is 0 Å². The third kappa shape index (κ3) is 6.03. The number of carbonyl (C=O) groups is 1. The summed E-state index contributed by atoms with van der Waals surface area (Å²) in [7, 11) is 3.53. The van der Waals surface area contributed by atoms with Crippen LogP contribution in [0.25, 0.3) is 0 Å². The highest BCUT2D eigenvalue weighted by Crippen LogP contribution is 2.15. The summed E-state index contributed by atoms with van der Waals surface area (Å²) in [5.74, 6) is -0.176. The first-order chi connectivity index (χ1) is 7.85. The van der Waals surface area contributed by atoms with Gasteiger partial charge in [-0.05, 0) is 53.8 Å². The lowest BCUT2D eigenvalue weighted by atomic mass is 9.94. The number of methoxy groups -OCH3 is 1. The number of nitrogens with zero attached hydrogens (tertiary/aromatic N) is 1. The van der Waals surface area contributed by atoms with Gasteiger partial charge in [-0.1, -0.05) is 6.92 Å². The molecule has 17 heavy (non-hydrogen) atoms. The number of esters is 1. The Bertz CT molecular complexity index is 231. The molecule has 4 nitrogen and oxygen atoms in total. The highest BCUT2D eigenvalue weighted by atomic mass is 16.5. The molecular formula is C13H28N2O2. The maximum atomic E-state index is 11.8. The van der Waals surface area contributed by atoms with Gasteiger partial charge in [0.15, 0.2) is 0 Å². The van der Waals surface area contributed by atoms with E-state index >= 15 is 0 Å². The van der Waals surface area contributed by atoms with Crippen LogP contribution in [0.5, 0.6) is 0 Å². The van der Waals surface area contributed by atoms with Crippen molar-refractivity contribution in [2.24, 2.45) is 0 Å². The van der Waals surface area contributed by atoms with Gasteiger partial charge in [0.25, 0.3) is 0 Å². The van der Waals surface area contributed by atoms with E-state index in [9.17, 15) is 4.79 Å². The van der Waals surface area contributed by atoms with Gasteiger partial charge in [-0.25, -0.2) is 0 Å². The van der Waals surface area contributed by atoms with Crippen molar-refractivity contribution < 1.29 is 9.53 Å². The number of rotatable bonds is 8.